The van der Waals surface area contributed by atoms with Crippen molar-refractivity contribution in [1.29, 1.82) is 0 Å². The van der Waals surface area contributed by atoms with E-state index in [1.54, 1.807) is 36.2 Å². The third-order valence-corrected chi connectivity index (χ3v) is 11.9. The predicted molar refractivity (Wildman–Crippen MR) is 227 cm³/mol. The van der Waals surface area contributed by atoms with Crippen molar-refractivity contribution in [2.45, 2.75) is 52.2 Å². The summed E-state index contributed by atoms with van der Waals surface area (Å²) >= 11 is 0. The number of amides is 3. The van der Waals surface area contributed by atoms with Crippen LogP contribution in [0.2, 0.25) is 0 Å². The van der Waals surface area contributed by atoms with Crippen molar-refractivity contribution in [3.05, 3.63) is 136 Å². The van der Waals surface area contributed by atoms with E-state index in [1.165, 1.54) is 5.56 Å². The van der Waals surface area contributed by atoms with Gasteiger partial charge < -0.3 is 34.2 Å². The molecule has 0 saturated carbocycles. The fraction of sp³-hybridized carbons (Fsp3) is 0.340. The van der Waals surface area contributed by atoms with Gasteiger partial charge in [0.1, 0.15) is 5.75 Å². The first-order valence-corrected chi connectivity index (χ1v) is 19.8. The Bertz CT molecular complexity index is 2290. The summed E-state index contributed by atoms with van der Waals surface area (Å²) in [7, 11) is 9.87. The van der Waals surface area contributed by atoms with E-state index in [0.29, 0.717) is 49.3 Å². The topological polar surface area (TPSA) is 92.6 Å². The Balaban J connectivity index is 1.19. The molecule has 2 aliphatic heterocycles. The van der Waals surface area contributed by atoms with Crippen LogP contribution in [0.1, 0.15) is 61.2 Å². The molecule has 0 saturated heterocycles. The lowest BCUT2D eigenvalue weighted by Gasteiger charge is -2.36. The van der Waals surface area contributed by atoms with Crippen molar-refractivity contribution in [3.8, 4) is 17.0 Å². The number of anilines is 2. The molecular weight excluding hydrogens is 713 g/mol. The summed E-state index contributed by atoms with van der Waals surface area (Å²) in [5.41, 5.74) is 10.7. The van der Waals surface area contributed by atoms with Crippen LogP contribution in [0, 0.1) is 6.92 Å². The summed E-state index contributed by atoms with van der Waals surface area (Å²) in [6.07, 6.45) is 1.73. The first-order chi connectivity index (χ1) is 27.3. The van der Waals surface area contributed by atoms with E-state index in [1.807, 2.05) is 58.7 Å². The van der Waals surface area contributed by atoms with Gasteiger partial charge in [-0.25, -0.2) is 0 Å². The van der Waals surface area contributed by atoms with Gasteiger partial charge in [-0.2, -0.15) is 0 Å². The molecule has 10 nitrogen and oxygen atoms in total. The summed E-state index contributed by atoms with van der Waals surface area (Å²) < 4.78 is 2.00. The van der Waals surface area contributed by atoms with Crippen LogP contribution >= 0.6 is 0 Å². The number of carbonyl (C=O) groups is 3. The molecule has 57 heavy (non-hydrogen) atoms. The molecule has 296 valence electrons. The van der Waals surface area contributed by atoms with E-state index in [4.69, 9.17) is 0 Å². The molecule has 10 heteroatoms. The van der Waals surface area contributed by atoms with Gasteiger partial charge in [0.25, 0.3) is 11.8 Å². The molecule has 7 rings (SSSR count). The Kier molecular flexibility index (Phi) is 11.3. The number of fused-ring (bicyclic) bond motifs is 2. The van der Waals surface area contributed by atoms with Gasteiger partial charge in [0.05, 0.1) is 12.0 Å². The highest BCUT2D eigenvalue weighted by atomic mass is 16.3. The highest BCUT2D eigenvalue weighted by Crippen LogP contribution is 2.36. The Hall–Kier alpha value is -5.87. The van der Waals surface area contributed by atoms with Crippen molar-refractivity contribution in [3.63, 3.8) is 0 Å². The van der Waals surface area contributed by atoms with Gasteiger partial charge in [0.15, 0.2) is 0 Å². The Labute approximate surface area is 336 Å². The van der Waals surface area contributed by atoms with Gasteiger partial charge in [-0.1, -0.05) is 36.4 Å². The number of benzene rings is 4. The molecule has 5 aromatic rings. The highest BCUT2D eigenvalue weighted by Gasteiger charge is 2.32. The van der Waals surface area contributed by atoms with Crippen LogP contribution in [0.5, 0.6) is 5.75 Å². The van der Waals surface area contributed by atoms with E-state index in [9.17, 15) is 19.5 Å². The lowest BCUT2D eigenvalue weighted by Crippen LogP contribution is -2.43. The highest BCUT2D eigenvalue weighted by molar-refractivity contribution is 6.08. The maximum Gasteiger partial charge on any atom is 0.259 e. The molecule has 1 aromatic heterocycles. The molecule has 0 unspecified atom stereocenters. The number of hydrogen-bond acceptors (Lipinski definition) is 6. The monoisotopic (exact) mass is 766 g/mol. The van der Waals surface area contributed by atoms with Crippen LogP contribution in [0.4, 0.5) is 11.4 Å². The van der Waals surface area contributed by atoms with Gasteiger partial charge >= 0.3 is 0 Å². The molecule has 2 aliphatic rings. The number of aromatic hydroxyl groups is 1. The van der Waals surface area contributed by atoms with Crippen LogP contribution in [0.25, 0.3) is 11.3 Å². The minimum Gasteiger partial charge on any atom is -0.508 e. The lowest BCUT2D eigenvalue weighted by atomic mass is 9.89. The first kappa shape index (κ1) is 39.4. The fourth-order valence-electron chi connectivity index (χ4n) is 8.10. The van der Waals surface area contributed by atoms with Crippen molar-refractivity contribution in [1.82, 2.24) is 19.3 Å². The van der Waals surface area contributed by atoms with Crippen LogP contribution in [0.3, 0.4) is 0 Å². The molecule has 0 radical (unpaired) electrons. The second-order valence-corrected chi connectivity index (χ2v) is 16.0. The van der Waals surface area contributed by atoms with Crippen molar-refractivity contribution >= 4 is 29.1 Å². The number of nitrogens with zero attached hydrogens (tertiary/aromatic N) is 6. The zero-order valence-corrected chi connectivity index (χ0v) is 34.2. The van der Waals surface area contributed by atoms with Crippen LogP contribution < -0.4 is 9.80 Å². The Morgan fingerprint density at radius 1 is 0.772 bits per heavy atom. The van der Waals surface area contributed by atoms with Gasteiger partial charge in [-0.05, 0) is 123 Å². The van der Waals surface area contributed by atoms with Gasteiger partial charge in [-0.15, -0.1) is 0 Å². The second-order valence-electron chi connectivity index (χ2n) is 16.0. The standard InChI is InChI=1S/C47H54N6O4/c1-31-24-34-10-8-9-11-36(34)30-53(31)47(57)43-27-37-29-52(45(55)25-33-12-14-38(15-13-33)49(5)23-22-48(3)4)21-20-35(37)26-42(43)44-28-41(32(2)50(44)6)46(56)51(7)39-16-18-40(54)19-17-39/h8-19,26-28,31,54H,20-25,29-30H2,1-7H3/t31-/m1/s1. The van der Waals surface area contributed by atoms with Gasteiger partial charge in [-0.3, -0.25) is 14.4 Å². The summed E-state index contributed by atoms with van der Waals surface area (Å²) in [5.74, 6) is -0.0633. The maximum atomic E-state index is 14.9. The lowest BCUT2D eigenvalue weighted by molar-refractivity contribution is -0.131. The van der Waals surface area contributed by atoms with Crippen LogP contribution in [-0.2, 0) is 44.2 Å². The van der Waals surface area contributed by atoms with Crippen LogP contribution in [0.15, 0.2) is 91.0 Å². The zero-order valence-electron chi connectivity index (χ0n) is 34.2. The minimum atomic E-state index is -0.188. The number of phenols is 1. The van der Waals surface area contributed by atoms with E-state index >= 15 is 0 Å². The van der Waals surface area contributed by atoms with E-state index in [-0.39, 0.29) is 29.5 Å². The third kappa shape index (κ3) is 8.18. The molecule has 0 fully saturated rings. The molecule has 3 heterocycles. The molecule has 0 bridgehead atoms. The van der Waals surface area contributed by atoms with E-state index in [0.717, 1.165) is 64.4 Å². The molecule has 4 aromatic carbocycles. The summed E-state index contributed by atoms with van der Waals surface area (Å²) in [4.78, 5) is 52.5. The quantitative estimate of drug-likeness (QED) is 0.170. The summed E-state index contributed by atoms with van der Waals surface area (Å²) in [6.45, 7) is 7.40. The number of rotatable bonds is 10. The zero-order chi connectivity index (χ0) is 40.5. The summed E-state index contributed by atoms with van der Waals surface area (Å²) in [6, 6.07) is 29.1. The smallest absolute Gasteiger partial charge is 0.259 e. The van der Waals surface area contributed by atoms with Crippen molar-refractivity contribution in [2.24, 2.45) is 7.05 Å². The number of aromatic nitrogens is 1. The average molecular weight is 767 g/mol. The van der Waals surface area contributed by atoms with E-state index in [2.05, 4.69) is 74.3 Å². The summed E-state index contributed by atoms with van der Waals surface area (Å²) in [5, 5.41) is 9.81. The Morgan fingerprint density at radius 3 is 2.16 bits per heavy atom. The minimum absolute atomic E-state index is 0.0141. The molecule has 3 amide bonds. The van der Waals surface area contributed by atoms with Gasteiger partial charge in [0.2, 0.25) is 5.91 Å². The molecule has 1 N–H and O–H groups in total. The molecule has 0 aliphatic carbocycles. The third-order valence-electron chi connectivity index (χ3n) is 11.9. The normalized spacial score (nSPS) is 15.0. The number of likely N-dealkylation sites (N-methyl/N-ethyl adjacent to an activating group) is 2. The fourth-order valence-corrected chi connectivity index (χ4v) is 8.10. The molecular formula is C47H54N6O4. The SMILES string of the molecule is Cc1c(C(=O)N(C)c2ccc(O)cc2)cc(-c2cc3c(cc2C(=O)N2Cc4ccccc4C[C@H]2C)CN(C(=O)Cc2ccc(N(C)CCN(C)C)cc2)CC3)n1C. The average Bonchev–Trinajstić information content (AvgIpc) is 3.51. The first-order valence-electron chi connectivity index (χ1n) is 19.8. The molecule has 1 atom stereocenters. The van der Waals surface area contributed by atoms with Crippen molar-refractivity contribution < 1.29 is 19.5 Å². The Morgan fingerprint density at radius 2 is 1.46 bits per heavy atom. The second kappa shape index (κ2) is 16.3. The van der Waals surface area contributed by atoms with Crippen LogP contribution in [-0.4, -0.2) is 96.0 Å². The molecule has 0 spiro atoms. The predicted octanol–water partition coefficient (Wildman–Crippen LogP) is 6.69. The maximum absolute atomic E-state index is 14.9. The van der Waals surface area contributed by atoms with E-state index < -0.39 is 0 Å². The van der Waals surface area contributed by atoms with Crippen molar-refractivity contribution in [2.75, 3.05) is 57.6 Å². The van der Waals surface area contributed by atoms with Gasteiger partial charge in [0, 0.05) is 93.8 Å². The number of carbonyl (C=O) groups excluding carboxylic acids is 3. The largest absolute Gasteiger partial charge is 0.508 e. The number of phenolic OH excluding ortho intramolecular Hbond substituents is 1. The number of hydrogen-bond donors (Lipinski definition) is 1.